The van der Waals surface area contributed by atoms with E-state index in [0.29, 0.717) is 5.69 Å². The van der Waals surface area contributed by atoms with Crippen LogP contribution in [0.2, 0.25) is 0 Å². The number of carbonyl (C=O) groups excluding carboxylic acids is 1. The summed E-state index contributed by atoms with van der Waals surface area (Å²) in [4.78, 5) is 23.9. The van der Waals surface area contributed by atoms with Gasteiger partial charge in [-0.05, 0) is 32.0 Å². The molecule has 0 aromatic heterocycles. The first kappa shape index (κ1) is 14.5. The molecule has 0 atom stereocenters. The molecule has 0 aliphatic carbocycles. The number of carboxylic acids is 1. The van der Waals surface area contributed by atoms with Gasteiger partial charge in [0.15, 0.2) is 0 Å². The van der Waals surface area contributed by atoms with Gasteiger partial charge >= 0.3 is 12.0 Å². The Labute approximate surface area is 114 Å². The summed E-state index contributed by atoms with van der Waals surface area (Å²) in [5, 5.41) is 11.4. The number of nitrogens with one attached hydrogen (secondary N) is 1. The summed E-state index contributed by atoms with van der Waals surface area (Å²) >= 11 is 3.30. The summed E-state index contributed by atoms with van der Waals surface area (Å²) in [7, 11) is 0. The Morgan fingerprint density at radius 1 is 1.44 bits per heavy atom. The first-order valence-corrected chi connectivity index (χ1v) is 6.24. The Hall–Kier alpha value is -1.56. The zero-order chi connectivity index (χ0) is 13.7. The third-order valence-electron chi connectivity index (χ3n) is 2.27. The predicted octanol–water partition coefficient (Wildman–Crippen LogP) is 2.78. The fourth-order valence-electron chi connectivity index (χ4n) is 1.40. The zero-order valence-electron chi connectivity index (χ0n) is 10.2. The van der Waals surface area contributed by atoms with Crippen LogP contribution in [0.3, 0.4) is 0 Å². The van der Waals surface area contributed by atoms with Crippen LogP contribution in [0.5, 0.6) is 0 Å². The van der Waals surface area contributed by atoms with Crippen LogP contribution >= 0.6 is 15.9 Å². The number of benzene rings is 1. The number of hydrogen-bond donors (Lipinski definition) is 2. The van der Waals surface area contributed by atoms with Gasteiger partial charge < -0.3 is 15.3 Å². The second-order valence-electron chi connectivity index (χ2n) is 4.06. The molecular weight excluding hydrogens is 300 g/mol. The average Bonchev–Trinajstić information content (AvgIpc) is 2.25. The Bertz CT molecular complexity index is 449. The third kappa shape index (κ3) is 4.37. The lowest BCUT2D eigenvalue weighted by molar-refractivity contribution is -0.137. The highest BCUT2D eigenvalue weighted by Gasteiger charge is 2.19. The van der Waals surface area contributed by atoms with E-state index in [4.69, 9.17) is 5.11 Å². The molecule has 1 aromatic carbocycles. The summed E-state index contributed by atoms with van der Waals surface area (Å²) < 4.78 is 0.842. The van der Waals surface area contributed by atoms with E-state index in [1.54, 1.807) is 32.0 Å². The van der Waals surface area contributed by atoms with Crippen LogP contribution in [0, 0.1) is 0 Å². The van der Waals surface area contributed by atoms with Gasteiger partial charge in [-0.1, -0.05) is 22.0 Å². The molecule has 6 heteroatoms. The van der Waals surface area contributed by atoms with Crippen molar-refractivity contribution in [1.29, 1.82) is 0 Å². The van der Waals surface area contributed by atoms with E-state index >= 15 is 0 Å². The van der Waals surface area contributed by atoms with Crippen molar-refractivity contribution in [1.82, 2.24) is 4.90 Å². The molecule has 18 heavy (non-hydrogen) atoms. The molecule has 0 fully saturated rings. The molecule has 2 N–H and O–H groups in total. The molecule has 2 amide bonds. The number of rotatable bonds is 4. The van der Waals surface area contributed by atoms with Gasteiger partial charge in [-0.15, -0.1) is 0 Å². The fraction of sp³-hybridized carbons (Fsp3) is 0.333. The largest absolute Gasteiger partial charge is 0.480 e. The summed E-state index contributed by atoms with van der Waals surface area (Å²) in [5.41, 5.74) is 0.616. The molecule has 1 aromatic rings. The SMILES string of the molecule is CC(C)N(CC(=O)O)C(=O)Nc1cccc(Br)c1. The number of amides is 2. The van der Waals surface area contributed by atoms with Gasteiger partial charge in [0.05, 0.1) is 0 Å². The molecular formula is C12H15BrN2O3. The number of aliphatic carboxylic acids is 1. The highest BCUT2D eigenvalue weighted by Crippen LogP contribution is 2.16. The van der Waals surface area contributed by atoms with Crippen LogP contribution < -0.4 is 5.32 Å². The number of carboxylic acid groups (broad SMARTS) is 1. The third-order valence-corrected chi connectivity index (χ3v) is 2.76. The number of carbonyl (C=O) groups is 2. The van der Waals surface area contributed by atoms with Crippen molar-refractivity contribution in [2.24, 2.45) is 0 Å². The van der Waals surface area contributed by atoms with Crippen molar-refractivity contribution < 1.29 is 14.7 Å². The summed E-state index contributed by atoms with van der Waals surface area (Å²) in [6.07, 6.45) is 0. The Kier molecular flexibility index (Phi) is 5.15. The molecule has 0 aliphatic rings. The van der Waals surface area contributed by atoms with E-state index in [9.17, 15) is 9.59 Å². The zero-order valence-corrected chi connectivity index (χ0v) is 11.8. The van der Waals surface area contributed by atoms with Gasteiger partial charge in [-0.3, -0.25) is 4.79 Å². The predicted molar refractivity (Wildman–Crippen MR) is 72.6 cm³/mol. The highest BCUT2D eigenvalue weighted by molar-refractivity contribution is 9.10. The molecule has 1 rings (SSSR count). The second-order valence-corrected chi connectivity index (χ2v) is 4.97. The van der Waals surface area contributed by atoms with Crippen LogP contribution in [0.4, 0.5) is 10.5 Å². The second kappa shape index (κ2) is 6.39. The maximum atomic E-state index is 11.9. The summed E-state index contributed by atoms with van der Waals surface area (Å²) in [6.45, 7) is 3.21. The van der Waals surface area contributed by atoms with Crippen molar-refractivity contribution >= 4 is 33.6 Å². The quantitative estimate of drug-likeness (QED) is 0.897. The Morgan fingerprint density at radius 2 is 2.11 bits per heavy atom. The summed E-state index contributed by atoms with van der Waals surface area (Å²) in [5.74, 6) is -1.03. The molecule has 0 saturated heterocycles. The first-order chi connectivity index (χ1) is 8.40. The van der Waals surface area contributed by atoms with Crippen LogP contribution in [-0.2, 0) is 4.79 Å². The van der Waals surface area contributed by atoms with Crippen molar-refractivity contribution in [2.45, 2.75) is 19.9 Å². The lowest BCUT2D eigenvalue weighted by atomic mass is 10.3. The van der Waals surface area contributed by atoms with E-state index in [-0.39, 0.29) is 12.6 Å². The van der Waals surface area contributed by atoms with Gasteiger partial charge in [-0.25, -0.2) is 4.79 Å². The smallest absolute Gasteiger partial charge is 0.323 e. The lowest BCUT2D eigenvalue weighted by Gasteiger charge is -2.25. The number of hydrogen-bond acceptors (Lipinski definition) is 2. The number of urea groups is 1. The van der Waals surface area contributed by atoms with E-state index < -0.39 is 12.0 Å². The molecule has 5 nitrogen and oxygen atoms in total. The van der Waals surface area contributed by atoms with E-state index in [1.807, 2.05) is 6.07 Å². The van der Waals surface area contributed by atoms with Gasteiger partial charge in [0.25, 0.3) is 0 Å². The monoisotopic (exact) mass is 314 g/mol. The minimum atomic E-state index is -1.03. The molecule has 0 radical (unpaired) electrons. The fourth-order valence-corrected chi connectivity index (χ4v) is 1.80. The van der Waals surface area contributed by atoms with Crippen LogP contribution in [0.15, 0.2) is 28.7 Å². The van der Waals surface area contributed by atoms with Crippen molar-refractivity contribution in [3.63, 3.8) is 0 Å². The van der Waals surface area contributed by atoms with Crippen molar-refractivity contribution in [2.75, 3.05) is 11.9 Å². The lowest BCUT2D eigenvalue weighted by Crippen LogP contribution is -2.43. The van der Waals surface area contributed by atoms with Crippen LogP contribution in [-0.4, -0.2) is 34.6 Å². The molecule has 0 unspecified atom stereocenters. The maximum absolute atomic E-state index is 11.9. The Balaban J connectivity index is 2.75. The molecule has 0 spiro atoms. The van der Waals surface area contributed by atoms with Crippen molar-refractivity contribution in [3.8, 4) is 0 Å². The summed E-state index contributed by atoms with van der Waals surface area (Å²) in [6, 6.07) is 6.50. The maximum Gasteiger partial charge on any atom is 0.323 e. The topological polar surface area (TPSA) is 69.6 Å². The minimum absolute atomic E-state index is 0.187. The first-order valence-electron chi connectivity index (χ1n) is 5.45. The van der Waals surface area contributed by atoms with Gasteiger partial charge in [-0.2, -0.15) is 0 Å². The van der Waals surface area contributed by atoms with Gasteiger partial charge in [0.2, 0.25) is 0 Å². The molecule has 0 aliphatic heterocycles. The highest BCUT2D eigenvalue weighted by atomic mass is 79.9. The average molecular weight is 315 g/mol. The van der Waals surface area contributed by atoms with Crippen LogP contribution in [0.25, 0.3) is 0 Å². The van der Waals surface area contributed by atoms with Gasteiger partial charge in [0, 0.05) is 16.2 Å². The Morgan fingerprint density at radius 3 is 2.61 bits per heavy atom. The van der Waals surface area contributed by atoms with Crippen molar-refractivity contribution in [3.05, 3.63) is 28.7 Å². The number of nitrogens with zero attached hydrogens (tertiary/aromatic N) is 1. The molecule has 0 bridgehead atoms. The van der Waals surface area contributed by atoms with Gasteiger partial charge in [0.1, 0.15) is 6.54 Å². The minimum Gasteiger partial charge on any atom is -0.480 e. The molecule has 0 saturated carbocycles. The number of anilines is 1. The van der Waals surface area contributed by atoms with Crippen LogP contribution in [0.1, 0.15) is 13.8 Å². The number of halogens is 1. The van der Waals surface area contributed by atoms with E-state index in [2.05, 4.69) is 21.2 Å². The van der Waals surface area contributed by atoms with E-state index in [0.717, 1.165) is 4.47 Å². The molecule has 0 heterocycles. The standard InChI is InChI=1S/C12H15BrN2O3/c1-8(2)15(7-11(16)17)12(18)14-10-5-3-4-9(13)6-10/h3-6,8H,7H2,1-2H3,(H,14,18)(H,16,17). The molecule has 98 valence electrons. The van der Waals surface area contributed by atoms with E-state index in [1.165, 1.54) is 4.90 Å². The normalized spacial score (nSPS) is 10.2.